The van der Waals surface area contributed by atoms with Crippen LogP contribution in [0.1, 0.15) is 510 Å². The van der Waals surface area contributed by atoms with Crippen LogP contribution in [-0.2, 0) is 4.74 Å². The van der Waals surface area contributed by atoms with Crippen LogP contribution in [0.15, 0.2) is 0 Å². The molecule has 6 saturated carbocycles. The molecule has 7 rings (SSSR count). The fraction of sp³-hybridized carbons (Fsp3) is 1.00. The first kappa shape index (κ1) is 127. The quantitative estimate of drug-likeness (QED) is 0.136. The zero-order chi connectivity index (χ0) is 94.0. The van der Waals surface area contributed by atoms with E-state index in [1.165, 1.54) is 116 Å². The standard InChI is InChI=1S/3C14H29N.2C13H27N.C12H25NO.C12H25N.7C2H6/c1-12(2,3)14(13(4,5)6)10-8-9-11(14)15-7;1-11(2,3)14(12(4,5)6)10-8-9-13(14,7)15;1-12(2,3)14(13(4,5)6)10-8-7-9-11(14)15;1-11(2,3)13(12(4,5)6)8-7-10(14)9-13;1-11(2,3)13(12(4,5)6)9-7-8-10(13)14;1-10(2,3)12(11(4,5)6)8-14-7-9(12)13;1-10(2,3)12(11(4,5)6)8-7-9(12)13;7*1-2/h11,15H,8-10H2,1-7H3;8-10,15H2,1-7H3;11H,7-10,15H2,1-6H3;2*10H,7-9,14H2,1-6H3;9H,7-8,13H2,1-6H3;9H,7-8,13H2,1-6H3;7*1-2H3/t11-;13-;11-;2*10-;2*9-;;;;;;;/m1111111......./s1. The molecule has 0 spiro atoms. The van der Waals surface area contributed by atoms with Crippen LogP contribution in [0.3, 0.4) is 0 Å². The maximum absolute atomic E-state index is 6.63. The van der Waals surface area contributed by atoms with Crippen molar-refractivity contribution in [2.24, 2.45) is 148 Å². The van der Waals surface area contributed by atoms with Crippen molar-refractivity contribution in [3.63, 3.8) is 0 Å². The van der Waals surface area contributed by atoms with E-state index in [1.54, 1.807) is 0 Å². The molecular weight excluding hydrogens is 1390 g/mol. The Kier molecular flexibility index (Phi) is 53.0. The molecule has 1 saturated heterocycles. The highest BCUT2D eigenvalue weighted by molar-refractivity contribution is 5.16. The molecule has 1 aliphatic heterocycles. The first-order valence-corrected chi connectivity index (χ1v) is 48.6. The highest BCUT2D eigenvalue weighted by Crippen LogP contribution is 2.67. The fourth-order valence-corrected chi connectivity index (χ4v) is 27.8. The third-order valence-corrected chi connectivity index (χ3v) is 31.0. The number of nitrogens with two attached hydrogens (primary N) is 6. The molecule has 13 N–H and O–H groups in total. The van der Waals surface area contributed by atoms with Crippen molar-refractivity contribution in [1.82, 2.24) is 5.32 Å². The molecule has 698 valence electrons. The molecular formula is C106H233N7O. The molecule has 1 heterocycles. The predicted molar refractivity (Wildman–Crippen MR) is 528 cm³/mol. The Hall–Kier alpha value is -0.320. The summed E-state index contributed by atoms with van der Waals surface area (Å²) in [6.07, 6.45) is 22.9. The lowest BCUT2D eigenvalue weighted by Crippen LogP contribution is -2.64. The minimum atomic E-state index is -0.0243. The summed E-state index contributed by atoms with van der Waals surface area (Å²) in [4.78, 5) is 0. The fourth-order valence-electron chi connectivity index (χ4n) is 27.8. The molecule has 0 amide bonds. The highest BCUT2D eigenvalue weighted by atomic mass is 16.5. The van der Waals surface area contributed by atoms with E-state index in [2.05, 4.69) is 310 Å². The lowest BCUT2D eigenvalue weighted by Gasteiger charge is -2.63. The van der Waals surface area contributed by atoms with E-state index in [1.807, 2.05) is 96.9 Å². The molecule has 7 aliphatic rings. The summed E-state index contributed by atoms with van der Waals surface area (Å²) >= 11 is 0. The number of hydrogen-bond donors (Lipinski definition) is 7. The van der Waals surface area contributed by atoms with Gasteiger partial charge in [-0.25, -0.2) is 0 Å². The van der Waals surface area contributed by atoms with Crippen LogP contribution in [-0.4, -0.2) is 62.1 Å². The molecule has 0 bridgehead atoms. The van der Waals surface area contributed by atoms with Crippen LogP contribution in [0.25, 0.3) is 0 Å². The van der Waals surface area contributed by atoms with Crippen molar-refractivity contribution in [1.29, 1.82) is 0 Å². The second kappa shape index (κ2) is 47.7. The second-order valence-corrected chi connectivity index (χ2v) is 49.5. The Labute approximate surface area is 726 Å². The maximum atomic E-state index is 6.63. The van der Waals surface area contributed by atoms with Crippen LogP contribution in [0.4, 0.5) is 0 Å². The zero-order valence-corrected chi connectivity index (χ0v) is 91.0. The zero-order valence-electron chi connectivity index (χ0n) is 91.0. The molecule has 0 aromatic rings. The van der Waals surface area contributed by atoms with Gasteiger partial charge in [0.1, 0.15) is 0 Å². The van der Waals surface area contributed by atoms with E-state index in [4.69, 9.17) is 39.1 Å². The number of ether oxygens (including phenoxy) is 1. The molecule has 6 aliphatic carbocycles. The molecule has 114 heavy (non-hydrogen) atoms. The van der Waals surface area contributed by atoms with Gasteiger partial charge in [0.25, 0.3) is 0 Å². The van der Waals surface area contributed by atoms with Crippen molar-refractivity contribution in [2.75, 3.05) is 20.3 Å². The maximum Gasteiger partial charge on any atom is 0.0624 e. The van der Waals surface area contributed by atoms with Crippen molar-refractivity contribution in [3.05, 3.63) is 0 Å². The van der Waals surface area contributed by atoms with Crippen molar-refractivity contribution >= 4 is 0 Å². The van der Waals surface area contributed by atoms with Gasteiger partial charge in [-0.05, 0) is 206 Å². The molecule has 0 aromatic heterocycles. The lowest BCUT2D eigenvalue weighted by molar-refractivity contribution is -0.119. The Morgan fingerprint density at radius 1 is 0.263 bits per heavy atom. The molecule has 0 radical (unpaired) electrons. The summed E-state index contributed by atoms with van der Waals surface area (Å²) in [7, 11) is 2.13. The van der Waals surface area contributed by atoms with Crippen LogP contribution < -0.4 is 39.7 Å². The summed E-state index contributed by atoms with van der Waals surface area (Å²) in [5.41, 5.74) is 44.4. The summed E-state index contributed by atoms with van der Waals surface area (Å²) in [5.74, 6) is 0. The lowest BCUT2D eigenvalue weighted by atomic mass is 9.43. The first-order valence-electron chi connectivity index (χ1n) is 48.6. The summed E-state index contributed by atoms with van der Waals surface area (Å²) < 4.78 is 5.60. The molecule has 7 fully saturated rings. The van der Waals surface area contributed by atoms with Gasteiger partial charge in [-0.2, -0.15) is 0 Å². The molecule has 0 aromatic carbocycles. The van der Waals surface area contributed by atoms with Crippen molar-refractivity contribution in [3.8, 4) is 0 Å². The van der Waals surface area contributed by atoms with Gasteiger partial charge < -0.3 is 44.5 Å². The van der Waals surface area contributed by atoms with Gasteiger partial charge >= 0.3 is 0 Å². The smallest absolute Gasteiger partial charge is 0.0624 e. The number of hydrogen-bond acceptors (Lipinski definition) is 8. The Morgan fingerprint density at radius 3 is 0.675 bits per heavy atom. The van der Waals surface area contributed by atoms with Crippen LogP contribution >= 0.6 is 0 Å². The largest absolute Gasteiger partial charge is 0.379 e. The van der Waals surface area contributed by atoms with Gasteiger partial charge in [-0.15, -0.1) is 0 Å². The van der Waals surface area contributed by atoms with Crippen molar-refractivity contribution in [2.45, 2.75) is 552 Å². The number of rotatable bonds is 1. The third kappa shape index (κ3) is 28.1. The average molecular weight is 1620 g/mol. The minimum absolute atomic E-state index is 0.0243. The monoisotopic (exact) mass is 1620 g/mol. The van der Waals surface area contributed by atoms with E-state index in [-0.39, 0.29) is 49.5 Å². The number of nitrogens with one attached hydrogen (secondary N) is 1. The average Bonchev–Trinajstić information content (AvgIpc) is 1.71. The van der Waals surface area contributed by atoms with Crippen LogP contribution in [0, 0.1) is 114 Å². The predicted octanol–water partition coefficient (Wildman–Crippen LogP) is 31.7. The van der Waals surface area contributed by atoms with Crippen LogP contribution in [0.5, 0.6) is 0 Å². The third-order valence-electron chi connectivity index (χ3n) is 31.0. The Balaban J connectivity index is -0.000000228. The van der Waals surface area contributed by atoms with E-state index < -0.39 is 0 Å². The molecule has 0 unspecified atom stereocenters. The SMILES string of the molecule is CC.CC.CC.CC.CC.CC.CC.CC(C)(C)C1(C(C)(C)C)CCCC[C@H]1N.CC(C)(C)C1(C(C)(C)C)CCC[C@@]1(C)N.CC(C)(C)C1(C(C)(C)C)CCC[C@H]1N.CC(C)(C)C1(C(C)(C)C)CC[C@@H](N)C1.CC(C)(C)C1(C(C)(C)C)CC[C@H]1N.CC(C)(C)C1(C(C)(C)C)COC[C@H]1N.CN[C@@H]1CCCC1(C(C)(C)C)C(C)(C)C. The van der Waals surface area contributed by atoms with E-state index in [0.29, 0.717) is 113 Å². The van der Waals surface area contributed by atoms with Crippen LogP contribution in [0.2, 0.25) is 0 Å². The molecule has 7 atom stereocenters. The van der Waals surface area contributed by atoms with E-state index in [0.717, 1.165) is 6.61 Å². The normalized spacial score (nSPS) is 25.4. The van der Waals surface area contributed by atoms with Gasteiger partial charge in [0.05, 0.1) is 13.2 Å². The Bertz CT molecular complexity index is 2280. The Morgan fingerprint density at radius 2 is 0.535 bits per heavy atom. The van der Waals surface area contributed by atoms with Crippen molar-refractivity contribution < 1.29 is 4.74 Å². The van der Waals surface area contributed by atoms with Gasteiger partial charge in [0, 0.05) is 47.2 Å². The highest BCUT2D eigenvalue weighted by Gasteiger charge is 2.64. The van der Waals surface area contributed by atoms with Gasteiger partial charge in [-0.3, -0.25) is 0 Å². The second-order valence-electron chi connectivity index (χ2n) is 49.5. The van der Waals surface area contributed by atoms with Gasteiger partial charge in [0.2, 0.25) is 0 Å². The summed E-state index contributed by atoms with van der Waals surface area (Å²) in [5, 5.41) is 3.57. The van der Waals surface area contributed by atoms with Gasteiger partial charge in [0.15, 0.2) is 0 Å². The molecule has 8 nitrogen and oxygen atoms in total. The van der Waals surface area contributed by atoms with E-state index >= 15 is 0 Å². The van der Waals surface area contributed by atoms with Gasteiger partial charge in [-0.1, -0.05) is 420 Å². The van der Waals surface area contributed by atoms with E-state index in [9.17, 15) is 0 Å². The first-order chi connectivity index (χ1) is 50.7. The topological polar surface area (TPSA) is 177 Å². The summed E-state index contributed by atoms with van der Waals surface area (Å²) in [6.45, 7) is 130. The summed E-state index contributed by atoms with van der Waals surface area (Å²) in [6, 6.07) is 2.40. The minimum Gasteiger partial charge on any atom is -0.379 e. The molecule has 8 heteroatoms.